The van der Waals surface area contributed by atoms with E-state index in [2.05, 4.69) is 39.2 Å². The fourth-order valence-electron chi connectivity index (χ4n) is 2.89. The van der Waals surface area contributed by atoms with Crippen LogP contribution in [0.4, 0.5) is 0 Å². The number of guanidine groups is 1. The van der Waals surface area contributed by atoms with Gasteiger partial charge in [0, 0.05) is 58.3 Å². The highest BCUT2D eigenvalue weighted by Crippen LogP contribution is 2.11. The van der Waals surface area contributed by atoms with Crippen molar-refractivity contribution in [2.45, 2.75) is 52.5 Å². The van der Waals surface area contributed by atoms with E-state index in [1.54, 1.807) is 6.33 Å². The van der Waals surface area contributed by atoms with Crippen LogP contribution in [0, 0.1) is 5.92 Å². The Balaban J connectivity index is 1.71. The molecule has 2 heterocycles. The van der Waals surface area contributed by atoms with Crippen molar-refractivity contribution in [1.82, 2.24) is 25.4 Å². The molecule has 1 aliphatic rings. The van der Waals surface area contributed by atoms with Crippen LogP contribution >= 0.6 is 0 Å². The van der Waals surface area contributed by atoms with Crippen LogP contribution in [0.1, 0.15) is 45.4 Å². The number of hydrogen-bond donors (Lipinski definition) is 2. The van der Waals surface area contributed by atoms with Crippen LogP contribution in [0.5, 0.6) is 0 Å². The molecule has 1 atom stereocenters. The van der Waals surface area contributed by atoms with Gasteiger partial charge < -0.3 is 24.7 Å². The van der Waals surface area contributed by atoms with Gasteiger partial charge in [0.15, 0.2) is 5.96 Å². The summed E-state index contributed by atoms with van der Waals surface area (Å²) in [7, 11) is 0. The van der Waals surface area contributed by atoms with Crippen molar-refractivity contribution in [3.05, 3.63) is 12.2 Å². The van der Waals surface area contributed by atoms with E-state index in [1.807, 2.05) is 0 Å². The van der Waals surface area contributed by atoms with Crippen LogP contribution in [-0.2, 0) is 22.4 Å². The first kappa shape index (κ1) is 21.6. The van der Waals surface area contributed by atoms with Gasteiger partial charge >= 0.3 is 0 Å². The van der Waals surface area contributed by atoms with Gasteiger partial charge in [-0.3, -0.25) is 4.99 Å². The Morgan fingerprint density at radius 1 is 1.30 bits per heavy atom. The molecule has 2 N–H and O–H groups in total. The topological polar surface area (TPSA) is 85.6 Å². The monoisotopic (exact) mass is 380 g/mol. The summed E-state index contributed by atoms with van der Waals surface area (Å²) in [5.74, 6) is 2.41. The maximum atomic E-state index is 5.62. The van der Waals surface area contributed by atoms with Crippen LogP contribution < -0.4 is 10.6 Å². The molecule has 1 aromatic heterocycles. The fourth-order valence-corrected chi connectivity index (χ4v) is 2.89. The molecular formula is C19H36N6O2. The van der Waals surface area contributed by atoms with Crippen molar-refractivity contribution in [3.8, 4) is 0 Å². The highest BCUT2D eigenvalue weighted by atomic mass is 16.5. The summed E-state index contributed by atoms with van der Waals surface area (Å²) in [6, 6.07) is 0. The number of ether oxygens (including phenoxy) is 2. The molecule has 8 nitrogen and oxygen atoms in total. The van der Waals surface area contributed by atoms with Crippen molar-refractivity contribution < 1.29 is 9.47 Å². The number of rotatable bonds is 13. The predicted molar refractivity (Wildman–Crippen MR) is 107 cm³/mol. The summed E-state index contributed by atoms with van der Waals surface area (Å²) in [6.07, 6.45) is 7.06. The number of aromatic nitrogens is 3. The number of aliphatic imine (C=N–C) groups is 1. The minimum atomic E-state index is 0.533. The van der Waals surface area contributed by atoms with Crippen LogP contribution in [0.3, 0.4) is 0 Å². The van der Waals surface area contributed by atoms with E-state index in [-0.39, 0.29) is 0 Å². The van der Waals surface area contributed by atoms with E-state index in [0.29, 0.717) is 5.92 Å². The number of hydrogen-bond acceptors (Lipinski definition) is 5. The zero-order valence-electron chi connectivity index (χ0n) is 17.0. The number of unbranched alkanes of at least 4 members (excludes halogenated alkanes) is 1. The van der Waals surface area contributed by atoms with Crippen LogP contribution in [0.25, 0.3) is 0 Å². The van der Waals surface area contributed by atoms with Gasteiger partial charge in [0.25, 0.3) is 0 Å². The normalized spacial score (nSPS) is 17.4. The van der Waals surface area contributed by atoms with Gasteiger partial charge in [0.1, 0.15) is 12.2 Å². The van der Waals surface area contributed by atoms with Gasteiger partial charge in [-0.2, -0.15) is 0 Å². The Hall–Kier alpha value is -1.67. The number of aryl methyl sites for hydroxylation is 1. The second kappa shape index (κ2) is 13.5. The minimum absolute atomic E-state index is 0.533. The summed E-state index contributed by atoms with van der Waals surface area (Å²) >= 11 is 0. The molecule has 8 heteroatoms. The molecular weight excluding hydrogens is 344 g/mol. The molecule has 0 bridgehead atoms. The smallest absolute Gasteiger partial charge is 0.191 e. The first-order chi connectivity index (χ1) is 13.3. The van der Waals surface area contributed by atoms with Crippen LogP contribution in [-0.4, -0.2) is 66.8 Å². The molecule has 0 aromatic carbocycles. The molecule has 0 amide bonds. The van der Waals surface area contributed by atoms with Gasteiger partial charge in [0.05, 0.1) is 6.61 Å². The standard InChI is InChI=1S/C19H36N6O2/c1-3-5-11-26-12-6-8-20-19(22-14-17-7-13-27-15-17)21-9-10-25-16-23-24-18(25)4-2/h16-17H,3-15H2,1-2H3,(H2,20,21,22). The fraction of sp³-hybridized carbons (Fsp3) is 0.842. The van der Waals surface area contributed by atoms with E-state index in [0.717, 1.165) is 90.1 Å². The molecule has 1 aromatic rings. The Labute approximate surface area is 163 Å². The zero-order chi connectivity index (χ0) is 19.2. The minimum Gasteiger partial charge on any atom is -0.381 e. The summed E-state index contributed by atoms with van der Waals surface area (Å²) in [4.78, 5) is 4.75. The second-order valence-electron chi connectivity index (χ2n) is 6.89. The molecule has 0 saturated carbocycles. The quantitative estimate of drug-likeness (QED) is 0.307. The largest absolute Gasteiger partial charge is 0.381 e. The average Bonchev–Trinajstić information content (AvgIpc) is 3.36. The van der Waals surface area contributed by atoms with Gasteiger partial charge in [-0.05, 0) is 19.3 Å². The number of nitrogens with one attached hydrogen (secondary N) is 2. The molecule has 1 unspecified atom stereocenters. The van der Waals surface area contributed by atoms with Crippen molar-refractivity contribution in [2.24, 2.45) is 10.9 Å². The third-order valence-electron chi connectivity index (χ3n) is 4.59. The summed E-state index contributed by atoms with van der Waals surface area (Å²) in [5, 5.41) is 15.0. The maximum absolute atomic E-state index is 5.62. The molecule has 0 spiro atoms. The van der Waals surface area contributed by atoms with Crippen LogP contribution in [0.15, 0.2) is 11.3 Å². The van der Waals surface area contributed by atoms with Crippen molar-refractivity contribution in [3.63, 3.8) is 0 Å². The SMILES string of the molecule is CCCCOCCCNC(=NCC1CCOC1)NCCn1cnnc1CC. The lowest BCUT2D eigenvalue weighted by Crippen LogP contribution is -2.40. The lowest BCUT2D eigenvalue weighted by atomic mass is 10.1. The molecule has 1 fully saturated rings. The van der Waals surface area contributed by atoms with E-state index in [9.17, 15) is 0 Å². The van der Waals surface area contributed by atoms with E-state index >= 15 is 0 Å². The summed E-state index contributed by atoms with van der Waals surface area (Å²) in [5.41, 5.74) is 0. The molecule has 154 valence electrons. The molecule has 27 heavy (non-hydrogen) atoms. The third kappa shape index (κ3) is 8.71. The summed E-state index contributed by atoms with van der Waals surface area (Å²) in [6.45, 7) is 10.9. The molecule has 1 aliphatic heterocycles. The van der Waals surface area contributed by atoms with Gasteiger partial charge in [-0.15, -0.1) is 10.2 Å². The molecule has 0 radical (unpaired) electrons. The zero-order valence-corrected chi connectivity index (χ0v) is 17.0. The van der Waals surface area contributed by atoms with E-state index in [4.69, 9.17) is 14.5 Å². The molecule has 0 aliphatic carbocycles. The Morgan fingerprint density at radius 3 is 2.93 bits per heavy atom. The van der Waals surface area contributed by atoms with Crippen molar-refractivity contribution in [2.75, 3.05) is 46.1 Å². The highest BCUT2D eigenvalue weighted by molar-refractivity contribution is 5.79. The lowest BCUT2D eigenvalue weighted by Gasteiger charge is -2.14. The summed E-state index contributed by atoms with van der Waals surface area (Å²) < 4.78 is 13.1. The second-order valence-corrected chi connectivity index (χ2v) is 6.89. The average molecular weight is 381 g/mol. The Kier molecular flexibility index (Phi) is 10.8. The van der Waals surface area contributed by atoms with Crippen LogP contribution in [0.2, 0.25) is 0 Å². The van der Waals surface area contributed by atoms with Gasteiger partial charge in [0.2, 0.25) is 0 Å². The number of nitrogens with zero attached hydrogens (tertiary/aromatic N) is 4. The third-order valence-corrected chi connectivity index (χ3v) is 4.59. The molecule has 2 rings (SSSR count). The van der Waals surface area contributed by atoms with Gasteiger partial charge in [-0.1, -0.05) is 20.3 Å². The Morgan fingerprint density at radius 2 is 2.15 bits per heavy atom. The first-order valence-corrected chi connectivity index (χ1v) is 10.4. The highest BCUT2D eigenvalue weighted by Gasteiger charge is 2.15. The Bertz CT molecular complexity index is 528. The predicted octanol–water partition coefficient (Wildman–Crippen LogP) is 1.62. The van der Waals surface area contributed by atoms with Crippen molar-refractivity contribution in [1.29, 1.82) is 0 Å². The van der Waals surface area contributed by atoms with Crippen molar-refractivity contribution >= 4 is 5.96 Å². The maximum Gasteiger partial charge on any atom is 0.191 e. The van der Waals surface area contributed by atoms with E-state index < -0.39 is 0 Å². The van der Waals surface area contributed by atoms with E-state index in [1.165, 1.54) is 6.42 Å². The first-order valence-electron chi connectivity index (χ1n) is 10.4. The van der Waals surface area contributed by atoms with Gasteiger partial charge in [-0.25, -0.2) is 0 Å². The molecule has 1 saturated heterocycles. The lowest BCUT2D eigenvalue weighted by molar-refractivity contribution is 0.129.